The van der Waals surface area contributed by atoms with Crippen LogP contribution >= 0.6 is 23.1 Å². The number of aromatic nitrogens is 2. The summed E-state index contributed by atoms with van der Waals surface area (Å²) >= 11 is 2.79. The second-order valence-electron chi connectivity index (χ2n) is 4.34. The van der Waals surface area contributed by atoms with Crippen molar-refractivity contribution >= 4 is 45.7 Å². The van der Waals surface area contributed by atoms with E-state index in [0.29, 0.717) is 17.4 Å². The Morgan fingerprint density at radius 2 is 2.24 bits per heavy atom. The van der Waals surface area contributed by atoms with E-state index in [-0.39, 0.29) is 18.2 Å². The molecule has 1 aromatic carbocycles. The molecule has 6 nitrogen and oxygen atoms in total. The van der Waals surface area contributed by atoms with Crippen LogP contribution in [0.1, 0.15) is 6.42 Å². The van der Waals surface area contributed by atoms with Gasteiger partial charge < -0.3 is 10.2 Å². The Hall–Kier alpha value is -1.93. The first kappa shape index (κ1) is 14.0. The zero-order chi connectivity index (χ0) is 14.7. The number of anilines is 2. The molecule has 2 amide bonds. The third kappa shape index (κ3) is 3.22. The maximum Gasteiger partial charge on any atom is 0.237 e. The lowest BCUT2D eigenvalue weighted by atomic mass is 10.2. The number of amides is 2. The Kier molecular flexibility index (Phi) is 4.16. The summed E-state index contributed by atoms with van der Waals surface area (Å²) in [7, 11) is 0. The number of thioether (sulfide) groups is 1. The molecule has 2 heterocycles. The lowest BCUT2D eigenvalue weighted by Gasteiger charge is -2.28. The van der Waals surface area contributed by atoms with Crippen LogP contribution in [-0.4, -0.2) is 34.3 Å². The molecule has 21 heavy (non-hydrogen) atoms. The maximum absolute atomic E-state index is 12.0. The third-order valence-electron chi connectivity index (χ3n) is 2.98. The molecule has 3 rings (SSSR count). The van der Waals surface area contributed by atoms with Crippen LogP contribution in [0.4, 0.5) is 10.8 Å². The minimum atomic E-state index is -0.171. The van der Waals surface area contributed by atoms with Crippen molar-refractivity contribution in [1.82, 2.24) is 10.2 Å². The van der Waals surface area contributed by atoms with Gasteiger partial charge in [0.2, 0.25) is 16.9 Å². The predicted octanol–water partition coefficient (Wildman–Crippen LogP) is 2.01. The van der Waals surface area contributed by atoms with Crippen molar-refractivity contribution in [2.24, 2.45) is 0 Å². The molecule has 0 spiro atoms. The minimum absolute atomic E-state index is 0.0300. The van der Waals surface area contributed by atoms with E-state index in [4.69, 9.17) is 0 Å². The Morgan fingerprint density at radius 3 is 3.05 bits per heavy atom. The fraction of sp³-hybridized carbons (Fsp3) is 0.231. The molecule has 0 atom stereocenters. The number of carbonyl (C=O) groups excluding carboxylic acids is 2. The monoisotopic (exact) mass is 320 g/mol. The van der Waals surface area contributed by atoms with Crippen molar-refractivity contribution in [3.8, 4) is 0 Å². The first-order chi connectivity index (χ1) is 10.2. The standard InChI is InChI=1S/C13H12N4O2S2/c18-11(15-13-16-14-8-21-13)5-6-17-9-3-1-2-4-10(9)20-7-12(17)19/h1-4,8H,5-7H2,(H,15,16,18). The molecule has 1 aromatic heterocycles. The van der Waals surface area contributed by atoms with Crippen LogP contribution in [0.25, 0.3) is 0 Å². The van der Waals surface area contributed by atoms with Gasteiger partial charge in [0, 0.05) is 17.9 Å². The van der Waals surface area contributed by atoms with E-state index in [1.165, 1.54) is 23.1 Å². The molecule has 0 saturated carbocycles. The van der Waals surface area contributed by atoms with Crippen molar-refractivity contribution < 1.29 is 9.59 Å². The lowest BCUT2D eigenvalue weighted by Crippen LogP contribution is -2.37. The number of benzene rings is 1. The highest BCUT2D eigenvalue weighted by molar-refractivity contribution is 8.00. The Labute approximate surface area is 129 Å². The number of nitrogens with one attached hydrogen (secondary N) is 1. The van der Waals surface area contributed by atoms with Crippen molar-refractivity contribution in [2.75, 3.05) is 22.5 Å². The number of nitrogens with zero attached hydrogens (tertiary/aromatic N) is 3. The quantitative estimate of drug-likeness (QED) is 0.932. The zero-order valence-corrected chi connectivity index (χ0v) is 12.6. The maximum atomic E-state index is 12.0. The van der Waals surface area contributed by atoms with E-state index < -0.39 is 0 Å². The smallest absolute Gasteiger partial charge is 0.237 e. The van der Waals surface area contributed by atoms with E-state index in [9.17, 15) is 9.59 Å². The van der Waals surface area contributed by atoms with E-state index in [1.54, 1.807) is 10.4 Å². The fourth-order valence-corrected chi connectivity index (χ4v) is 3.42. The second kappa shape index (κ2) is 6.23. The number of carbonyl (C=O) groups is 2. The van der Waals surface area contributed by atoms with Crippen LogP contribution in [0, 0.1) is 0 Å². The van der Waals surface area contributed by atoms with Gasteiger partial charge in [0.25, 0.3) is 0 Å². The summed E-state index contributed by atoms with van der Waals surface area (Å²) in [5, 5.41) is 10.5. The number of hydrogen-bond donors (Lipinski definition) is 1. The van der Waals surface area contributed by atoms with Gasteiger partial charge in [-0.2, -0.15) is 0 Å². The SMILES string of the molecule is O=C(CCN1C(=O)CSc2ccccc21)Nc1nncs1. The van der Waals surface area contributed by atoms with Crippen LogP contribution in [0.2, 0.25) is 0 Å². The van der Waals surface area contributed by atoms with Crippen molar-refractivity contribution in [1.29, 1.82) is 0 Å². The normalized spacial score (nSPS) is 13.9. The van der Waals surface area contributed by atoms with Gasteiger partial charge in [0.05, 0.1) is 11.4 Å². The Bertz CT molecular complexity index is 660. The highest BCUT2D eigenvalue weighted by atomic mass is 32.2. The largest absolute Gasteiger partial charge is 0.310 e. The Morgan fingerprint density at radius 1 is 1.38 bits per heavy atom. The third-order valence-corrected chi connectivity index (χ3v) is 4.63. The summed E-state index contributed by atoms with van der Waals surface area (Å²) in [5.74, 6) is 0.271. The molecule has 0 fully saturated rings. The molecular weight excluding hydrogens is 308 g/mol. The van der Waals surface area contributed by atoms with Crippen LogP contribution in [0.15, 0.2) is 34.7 Å². The fourth-order valence-electron chi connectivity index (χ4n) is 2.02. The number of rotatable bonds is 4. The van der Waals surface area contributed by atoms with Gasteiger partial charge in [-0.1, -0.05) is 23.5 Å². The van der Waals surface area contributed by atoms with Gasteiger partial charge >= 0.3 is 0 Å². The average molecular weight is 320 g/mol. The first-order valence-corrected chi connectivity index (χ1v) is 8.19. The van der Waals surface area contributed by atoms with Gasteiger partial charge in [-0.25, -0.2) is 0 Å². The summed E-state index contributed by atoms with van der Waals surface area (Å²) in [4.78, 5) is 26.6. The summed E-state index contributed by atoms with van der Waals surface area (Å²) < 4.78 is 0. The lowest BCUT2D eigenvalue weighted by molar-refractivity contribution is -0.117. The van der Waals surface area contributed by atoms with Crippen LogP contribution in [-0.2, 0) is 9.59 Å². The van der Waals surface area contributed by atoms with E-state index in [0.717, 1.165) is 10.6 Å². The summed E-state index contributed by atoms with van der Waals surface area (Å²) in [6.07, 6.45) is 0.227. The van der Waals surface area contributed by atoms with Gasteiger partial charge in [-0.15, -0.1) is 22.0 Å². The number of para-hydroxylation sites is 1. The van der Waals surface area contributed by atoms with Crippen LogP contribution in [0.5, 0.6) is 0 Å². The number of hydrogen-bond acceptors (Lipinski definition) is 6. The van der Waals surface area contributed by atoms with Crippen molar-refractivity contribution in [3.05, 3.63) is 29.8 Å². The molecule has 0 aliphatic carbocycles. The Balaban J connectivity index is 1.64. The molecule has 1 aliphatic heterocycles. The van der Waals surface area contributed by atoms with E-state index >= 15 is 0 Å². The van der Waals surface area contributed by atoms with Crippen molar-refractivity contribution in [2.45, 2.75) is 11.3 Å². The van der Waals surface area contributed by atoms with Crippen LogP contribution < -0.4 is 10.2 Å². The van der Waals surface area contributed by atoms with Crippen molar-refractivity contribution in [3.63, 3.8) is 0 Å². The van der Waals surface area contributed by atoms with Crippen LogP contribution in [0.3, 0.4) is 0 Å². The molecule has 2 aromatic rings. The topological polar surface area (TPSA) is 75.2 Å². The van der Waals surface area contributed by atoms with Gasteiger partial charge in [0.1, 0.15) is 5.51 Å². The molecule has 8 heteroatoms. The first-order valence-electron chi connectivity index (χ1n) is 6.32. The number of fused-ring (bicyclic) bond motifs is 1. The van der Waals surface area contributed by atoms with E-state index in [1.807, 2.05) is 24.3 Å². The summed E-state index contributed by atoms with van der Waals surface area (Å²) in [6, 6.07) is 7.73. The molecule has 0 unspecified atom stereocenters. The molecule has 1 aliphatic rings. The van der Waals surface area contributed by atoms with Gasteiger partial charge in [-0.05, 0) is 12.1 Å². The zero-order valence-electron chi connectivity index (χ0n) is 11.0. The van der Waals surface area contributed by atoms with E-state index in [2.05, 4.69) is 15.5 Å². The second-order valence-corrected chi connectivity index (χ2v) is 6.19. The highest BCUT2D eigenvalue weighted by Gasteiger charge is 2.24. The van der Waals surface area contributed by atoms with Gasteiger partial charge in [0.15, 0.2) is 0 Å². The summed E-state index contributed by atoms with van der Waals surface area (Å²) in [5.41, 5.74) is 2.43. The highest BCUT2D eigenvalue weighted by Crippen LogP contribution is 2.34. The molecule has 108 valence electrons. The molecule has 0 saturated heterocycles. The molecule has 1 N–H and O–H groups in total. The molecule has 0 radical (unpaired) electrons. The molecule has 0 bridgehead atoms. The average Bonchev–Trinajstić information content (AvgIpc) is 2.99. The minimum Gasteiger partial charge on any atom is -0.310 e. The predicted molar refractivity (Wildman–Crippen MR) is 82.7 cm³/mol. The molecular formula is C13H12N4O2S2. The summed E-state index contributed by atoms with van der Waals surface area (Å²) in [6.45, 7) is 0.362. The van der Waals surface area contributed by atoms with Gasteiger partial charge in [-0.3, -0.25) is 9.59 Å².